The van der Waals surface area contributed by atoms with E-state index in [1.807, 2.05) is 12.3 Å². The Labute approximate surface area is 169 Å². The van der Waals surface area contributed by atoms with Crippen molar-refractivity contribution in [2.24, 2.45) is 5.10 Å². The van der Waals surface area contributed by atoms with E-state index in [4.69, 9.17) is 4.74 Å². The van der Waals surface area contributed by atoms with Crippen molar-refractivity contribution in [2.45, 2.75) is 20.4 Å². The molecule has 2 aromatic carbocycles. The van der Waals surface area contributed by atoms with Gasteiger partial charge < -0.3 is 9.84 Å². The molecule has 0 saturated carbocycles. The van der Waals surface area contributed by atoms with Gasteiger partial charge in [0.05, 0.1) is 17.8 Å². The average molecular weight is 432 g/mol. The third kappa shape index (κ3) is 5.02. The minimum Gasteiger partial charge on any atom is -0.503 e. The van der Waals surface area contributed by atoms with Gasteiger partial charge in [0, 0.05) is 32.7 Å². The number of rotatable bonds is 5. The number of halogens is 1. The fraction of sp³-hybridized carbons (Fsp3) is 0.381. The second kappa shape index (κ2) is 8.76. The molecule has 1 N–H and O–H groups in total. The molecule has 0 aliphatic carbocycles. The van der Waals surface area contributed by atoms with Crippen LogP contribution < -0.4 is 4.74 Å². The molecule has 0 unspecified atom stereocenters. The van der Waals surface area contributed by atoms with E-state index in [1.54, 1.807) is 6.07 Å². The fourth-order valence-electron chi connectivity index (χ4n) is 3.25. The van der Waals surface area contributed by atoms with Gasteiger partial charge in [-0.3, -0.25) is 9.91 Å². The van der Waals surface area contributed by atoms with E-state index in [0.717, 1.165) is 38.3 Å². The van der Waals surface area contributed by atoms with E-state index in [9.17, 15) is 5.11 Å². The number of hydrogen-bond acceptors (Lipinski definition) is 5. The summed E-state index contributed by atoms with van der Waals surface area (Å²) in [5.74, 6) is 0.541. The predicted octanol–water partition coefficient (Wildman–Crippen LogP) is 3.93. The van der Waals surface area contributed by atoms with Crippen LogP contribution in [-0.2, 0) is 6.54 Å². The summed E-state index contributed by atoms with van der Waals surface area (Å²) < 4.78 is 5.78. The van der Waals surface area contributed by atoms with Crippen molar-refractivity contribution < 1.29 is 9.84 Å². The highest BCUT2D eigenvalue weighted by molar-refractivity contribution is 9.10. The third-order valence-corrected chi connectivity index (χ3v) is 5.49. The number of aromatic hydroxyl groups is 1. The Kier molecular flexibility index (Phi) is 6.39. The van der Waals surface area contributed by atoms with Gasteiger partial charge in [0.2, 0.25) is 0 Å². The summed E-state index contributed by atoms with van der Waals surface area (Å²) in [6.45, 7) is 9.10. The molecule has 1 aliphatic heterocycles. The van der Waals surface area contributed by atoms with Crippen LogP contribution in [0.3, 0.4) is 0 Å². The van der Waals surface area contributed by atoms with Crippen molar-refractivity contribution in [1.82, 2.24) is 9.91 Å². The number of ether oxygens (including phenoxy) is 1. The molecule has 0 aromatic heterocycles. The molecule has 3 rings (SSSR count). The lowest BCUT2D eigenvalue weighted by Crippen LogP contribution is -2.43. The largest absolute Gasteiger partial charge is 0.503 e. The Balaban J connectivity index is 1.56. The Morgan fingerprint density at radius 3 is 2.56 bits per heavy atom. The molecule has 144 valence electrons. The van der Waals surface area contributed by atoms with Gasteiger partial charge >= 0.3 is 0 Å². The fourth-order valence-corrected chi connectivity index (χ4v) is 3.71. The number of phenols is 1. The molecule has 0 amide bonds. The van der Waals surface area contributed by atoms with Gasteiger partial charge in [-0.15, -0.1) is 0 Å². The van der Waals surface area contributed by atoms with Crippen LogP contribution in [0.5, 0.6) is 11.5 Å². The maximum Gasteiger partial charge on any atom is 0.172 e. The average Bonchev–Trinajstić information content (AvgIpc) is 2.66. The third-order valence-electron chi connectivity index (χ3n) is 4.88. The standard InChI is InChI=1S/C21H26BrN3O2/c1-15-4-5-18(16(2)10-15)14-24-6-8-25(9-7-24)23-13-17-11-19(22)21(26)20(12-17)27-3/h4-5,10-13,26H,6-9,14H2,1-3H3/b23-13+. The molecule has 1 fully saturated rings. The van der Waals surface area contributed by atoms with E-state index in [2.05, 4.69) is 63.0 Å². The van der Waals surface area contributed by atoms with Crippen LogP contribution in [0, 0.1) is 13.8 Å². The second-order valence-corrected chi connectivity index (χ2v) is 7.81. The second-order valence-electron chi connectivity index (χ2n) is 6.96. The zero-order valence-corrected chi connectivity index (χ0v) is 17.7. The number of nitrogens with zero attached hydrogens (tertiary/aromatic N) is 3. The molecule has 0 spiro atoms. The topological polar surface area (TPSA) is 48.3 Å². The van der Waals surface area contributed by atoms with Gasteiger partial charge in [-0.2, -0.15) is 5.10 Å². The van der Waals surface area contributed by atoms with E-state index in [-0.39, 0.29) is 5.75 Å². The number of methoxy groups -OCH3 is 1. The van der Waals surface area contributed by atoms with Gasteiger partial charge in [0.25, 0.3) is 0 Å². The zero-order chi connectivity index (χ0) is 19.4. The first-order valence-corrected chi connectivity index (χ1v) is 9.89. The van der Waals surface area contributed by atoms with Gasteiger partial charge in [0.1, 0.15) is 0 Å². The van der Waals surface area contributed by atoms with Crippen molar-refractivity contribution >= 4 is 22.1 Å². The number of benzene rings is 2. The summed E-state index contributed by atoms with van der Waals surface area (Å²) in [4.78, 5) is 2.48. The molecule has 27 heavy (non-hydrogen) atoms. The van der Waals surface area contributed by atoms with E-state index >= 15 is 0 Å². The van der Waals surface area contributed by atoms with Crippen LogP contribution in [0.1, 0.15) is 22.3 Å². The number of hydrogen-bond donors (Lipinski definition) is 1. The van der Waals surface area contributed by atoms with Crippen LogP contribution in [0.15, 0.2) is 39.9 Å². The Bertz CT molecular complexity index is 830. The quantitative estimate of drug-likeness (QED) is 0.728. The van der Waals surface area contributed by atoms with Crippen molar-refractivity contribution in [3.8, 4) is 11.5 Å². The molecule has 1 saturated heterocycles. The molecular formula is C21H26BrN3O2. The maximum absolute atomic E-state index is 9.89. The number of aryl methyl sites for hydroxylation is 2. The normalized spacial score (nSPS) is 15.5. The lowest BCUT2D eigenvalue weighted by Gasteiger charge is -2.33. The van der Waals surface area contributed by atoms with Gasteiger partial charge in [-0.25, -0.2) is 0 Å². The molecule has 0 radical (unpaired) electrons. The molecular weight excluding hydrogens is 406 g/mol. The van der Waals surface area contributed by atoms with E-state index in [1.165, 1.54) is 23.8 Å². The summed E-state index contributed by atoms with van der Waals surface area (Å²) >= 11 is 3.34. The zero-order valence-electron chi connectivity index (χ0n) is 16.1. The smallest absolute Gasteiger partial charge is 0.172 e. The first-order chi connectivity index (χ1) is 13.0. The first kappa shape index (κ1) is 19.7. The summed E-state index contributed by atoms with van der Waals surface area (Å²) in [7, 11) is 1.54. The van der Waals surface area contributed by atoms with Crippen LogP contribution >= 0.6 is 15.9 Å². The van der Waals surface area contributed by atoms with Crippen molar-refractivity contribution in [2.75, 3.05) is 33.3 Å². The van der Waals surface area contributed by atoms with Crippen molar-refractivity contribution in [3.63, 3.8) is 0 Å². The summed E-state index contributed by atoms with van der Waals surface area (Å²) in [5.41, 5.74) is 4.96. The highest BCUT2D eigenvalue weighted by Gasteiger charge is 2.16. The highest BCUT2D eigenvalue weighted by Crippen LogP contribution is 2.34. The van der Waals surface area contributed by atoms with Crippen LogP contribution in [0.25, 0.3) is 0 Å². The van der Waals surface area contributed by atoms with Crippen LogP contribution in [0.4, 0.5) is 0 Å². The maximum atomic E-state index is 9.89. The molecule has 2 aromatic rings. The van der Waals surface area contributed by atoms with Gasteiger partial charge in [-0.1, -0.05) is 23.8 Å². The van der Waals surface area contributed by atoms with Crippen molar-refractivity contribution in [1.29, 1.82) is 0 Å². The van der Waals surface area contributed by atoms with Crippen LogP contribution in [0.2, 0.25) is 0 Å². The Morgan fingerprint density at radius 2 is 1.89 bits per heavy atom. The van der Waals surface area contributed by atoms with Crippen LogP contribution in [-0.4, -0.2) is 54.5 Å². The monoisotopic (exact) mass is 431 g/mol. The lowest BCUT2D eigenvalue weighted by molar-refractivity contribution is 0.131. The first-order valence-electron chi connectivity index (χ1n) is 9.10. The summed E-state index contributed by atoms with van der Waals surface area (Å²) in [5, 5.41) is 16.6. The van der Waals surface area contributed by atoms with Gasteiger partial charge in [-0.05, 0) is 58.6 Å². The summed E-state index contributed by atoms with van der Waals surface area (Å²) in [6, 6.07) is 10.3. The molecule has 0 atom stereocenters. The number of piperazine rings is 1. The Morgan fingerprint density at radius 1 is 1.15 bits per heavy atom. The highest BCUT2D eigenvalue weighted by atomic mass is 79.9. The lowest BCUT2D eigenvalue weighted by atomic mass is 10.1. The summed E-state index contributed by atoms with van der Waals surface area (Å²) in [6.07, 6.45) is 1.81. The molecule has 6 heteroatoms. The Hall–Kier alpha value is -2.05. The molecule has 1 aliphatic rings. The van der Waals surface area contributed by atoms with Gasteiger partial charge in [0.15, 0.2) is 11.5 Å². The molecule has 5 nitrogen and oxygen atoms in total. The predicted molar refractivity (Wildman–Crippen MR) is 113 cm³/mol. The minimum atomic E-state index is 0.106. The number of hydrazone groups is 1. The molecule has 1 heterocycles. The number of phenolic OH excluding ortho intramolecular Hbond substituents is 1. The van der Waals surface area contributed by atoms with E-state index < -0.39 is 0 Å². The SMILES string of the molecule is COc1cc(/C=N/N2CCN(Cc3ccc(C)cc3C)CC2)cc(Br)c1O. The molecule has 0 bridgehead atoms. The minimum absolute atomic E-state index is 0.106. The van der Waals surface area contributed by atoms with Crippen molar-refractivity contribution in [3.05, 3.63) is 57.1 Å². The van der Waals surface area contributed by atoms with E-state index in [0.29, 0.717) is 10.2 Å².